The minimum atomic E-state index is -2.11. The Kier molecular flexibility index (Phi) is 23.7. The van der Waals surface area contributed by atoms with Crippen LogP contribution in [0.4, 0.5) is 0 Å². The summed E-state index contributed by atoms with van der Waals surface area (Å²) in [5.74, 6) is -1.22. The van der Waals surface area contributed by atoms with Crippen molar-refractivity contribution in [2.24, 2.45) is 0 Å². The smallest absolute Gasteiger partial charge is 0.241 e. The van der Waals surface area contributed by atoms with Gasteiger partial charge in [0.25, 0.3) is 0 Å². The van der Waals surface area contributed by atoms with Crippen molar-refractivity contribution in [2.75, 3.05) is 39.6 Å². The molecule has 5 fully saturated rings. The number of unbranched alkanes of at least 4 members (excludes halogenated alkanes) is 1. The molecule has 29 nitrogen and oxygen atoms in total. The fourth-order valence-electron chi connectivity index (χ4n) is 7.99. The van der Waals surface area contributed by atoms with Gasteiger partial charge < -0.3 is 136 Å². The van der Waals surface area contributed by atoms with E-state index in [0.717, 1.165) is 6.42 Å². The fourth-order valence-corrected chi connectivity index (χ4v) is 7.99. The van der Waals surface area contributed by atoms with Crippen LogP contribution in [0.1, 0.15) is 26.2 Å². The number of carbonyl (C=O) groups is 2. The molecule has 0 aliphatic carbocycles. The maximum Gasteiger partial charge on any atom is 0.241 e. The van der Waals surface area contributed by atoms with Crippen LogP contribution in [0.5, 0.6) is 0 Å². The molecule has 5 saturated heterocycles. The Morgan fingerprint density at radius 2 is 0.896 bits per heavy atom. The molecule has 67 heavy (non-hydrogen) atoms. The molecule has 387 valence electrons. The van der Waals surface area contributed by atoms with Crippen molar-refractivity contribution < 1.29 is 173 Å². The first-order valence-corrected chi connectivity index (χ1v) is 21.4. The number of aliphatic hydroxyl groups excluding tert-OH is 15. The second kappa shape index (κ2) is 26.9. The topological polar surface area (TPSA) is 469 Å². The molecule has 0 spiro atoms. The summed E-state index contributed by atoms with van der Waals surface area (Å²) >= 11 is 0. The van der Waals surface area contributed by atoms with E-state index in [9.17, 15) is 86.2 Å². The second-order valence-corrected chi connectivity index (χ2v) is 16.5. The number of rotatable bonds is 19. The van der Waals surface area contributed by atoms with Crippen LogP contribution < -0.4 is 10.6 Å². The van der Waals surface area contributed by atoms with E-state index >= 15 is 0 Å². The first-order valence-electron chi connectivity index (χ1n) is 21.4. The Bertz CT molecular complexity index is 1520. The van der Waals surface area contributed by atoms with Crippen LogP contribution in [0, 0.1) is 44.1 Å². The number of nitrogens with one attached hydrogen (secondary N) is 3. The van der Waals surface area contributed by atoms with Crippen molar-refractivity contribution >= 4 is 11.8 Å². The van der Waals surface area contributed by atoms with Gasteiger partial charge in [0, 0.05) is 50.5 Å². The summed E-state index contributed by atoms with van der Waals surface area (Å²) in [6.45, 7) is -3.26. The molecule has 2 amide bonds. The van der Waals surface area contributed by atoms with Crippen LogP contribution in [-0.4, -0.2) is 281 Å². The molecule has 0 aromatic carbocycles. The van der Waals surface area contributed by atoms with E-state index in [4.69, 9.17) is 48.4 Å². The molecule has 25 atom stereocenters. The van der Waals surface area contributed by atoms with Crippen LogP contribution in [-0.2, 0) is 52.2 Å². The largest absolute Gasteiger partial charge is 0.668 e. The third-order valence-corrected chi connectivity index (χ3v) is 11.9. The fraction of sp³-hybridized carbons (Fsp3) is 0.946. The van der Waals surface area contributed by atoms with Gasteiger partial charge in [-0.05, 0) is 6.42 Å². The van der Waals surface area contributed by atoms with Crippen LogP contribution in [0.15, 0.2) is 0 Å². The summed E-state index contributed by atoms with van der Waals surface area (Å²) in [4.78, 5) is 24.4. The van der Waals surface area contributed by atoms with Crippen LogP contribution in [0.3, 0.4) is 0 Å². The molecular weight excluding hydrogens is 1130 g/mol. The summed E-state index contributed by atoms with van der Waals surface area (Å²) < 4.78 is 50.4. The molecule has 0 aromatic heterocycles. The quantitative estimate of drug-likeness (QED) is 0.0571. The maximum absolute atomic E-state index is 12.5. The maximum atomic E-state index is 12.5. The van der Waals surface area contributed by atoms with E-state index in [-0.39, 0.29) is 50.5 Å². The Morgan fingerprint density at radius 3 is 1.39 bits per heavy atom. The molecule has 30 heteroatoms. The first kappa shape index (κ1) is 58.9. The standard InChI is InChI=1S/C37H64N3O26.Ac/c1-2-3-4-16(46)39-5-17(47)40-33-25(54)24(53)30(14(9-44)58-33)64-37-27(56)31(20(49)12(7-42)61-37)65-34-18(38)22(51)29(15(10-45)62-34)63-36-28(57)32(21(50)13(8-43)60-36)66-35-26(55)23(52)19(48)11(6-41)59-35;/h11-15,18-38,41-45,48-57H,2-10H2,1H3,(H,39,46)(H,40,47);/q-1;/t11?,12?,13?,14?,15?,18?,19-,20+,21-,22?,23?,24?,25?,26?,27?,28?,29+,30-,31?,32?,33?,34+,35?,36?,37+;/m1./s1. The number of ether oxygens (including phenoxy) is 9. The molecule has 18 unspecified atom stereocenters. The van der Waals surface area contributed by atoms with Gasteiger partial charge in [-0.15, -0.1) is 0 Å². The Labute approximate surface area is 418 Å². The summed E-state index contributed by atoms with van der Waals surface area (Å²) in [6.07, 6.45) is -42.7. The van der Waals surface area contributed by atoms with Gasteiger partial charge in [0.15, 0.2) is 25.1 Å². The summed E-state index contributed by atoms with van der Waals surface area (Å²) in [5.41, 5.74) is 8.74. The minimum absolute atomic E-state index is 0. The van der Waals surface area contributed by atoms with Crippen LogP contribution >= 0.6 is 0 Å². The predicted molar refractivity (Wildman–Crippen MR) is 207 cm³/mol. The molecule has 5 rings (SSSR count). The van der Waals surface area contributed by atoms with Gasteiger partial charge in [-0.2, -0.15) is 0 Å². The van der Waals surface area contributed by atoms with E-state index in [1.54, 1.807) is 0 Å². The van der Waals surface area contributed by atoms with Gasteiger partial charge in [0.1, 0.15) is 116 Å². The summed E-state index contributed by atoms with van der Waals surface area (Å²) in [5, 5.41) is 163. The van der Waals surface area contributed by atoms with E-state index in [2.05, 4.69) is 10.6 Å². The zero-order valence-electron chi connectivity index (χ0n) is 36.1. The van der Waals surface area contributed by atoms with Gasteiger partial charge in [-0.3, -0.25) is 9.59 Å². The van der Waals surface area contributed by atoms with E-state index in [0.29, 0.717) is 6.42 Å². The molecule has 5 heterocycles. The molecular formula is C37H64AcN3O26-. The number of carbonyl (C=O) groups excluding carboxylic acids is 2. The number of aliphatic hydroxyl groups is 15. The van der Waals surface area contributed by atoms with Crippen molar-refractivity contribution in [2.45, 2.75) is 180 Å². The van der Waals surface area contributed by atoms with Crippen molar-refractivity contribution in [1.29, 1.82) is 0 Å². The van der Waals surface area contributed by atoms with Gasteiger partial charge in [-0.1, -0.05) is 19.4 Å². The minimum Gasteiger partial charge on any atom is -0.668 e. The van der Waals surface area contributed by atoms with Crippen molar-refractivity contribution in [1.82, 2.24) is 10.6 Å². The third-order valence-electron chi connectivity index (χ3n) is 11.9. The van der Waals surface area contributed by atoms with Crippen molar-refractivity contribution in [3.63, 3.8) is 0 Å². The zero-order valence-corrected chi connectivity index (χ0v) is 40.8. The monoisotopic (exact) mass is 1190 g/mol. The number of hydrogen-bond acceptors (Lipinski definition) is 26. The van der Waals surface area contributed by atoms with Gasteiger partial charge in [0.05, 0.1) is 45.7 Å². The molecule has 5 aliphatic rings. The Hall–Kier alpha value is -0.618. The molecule has 0 saturated carbocycles. The second-order valence-electron chi connectivity index (χ2n) is 16.5. The molecule has 18 N–H and O–H groups in total. The average molecular weight is 1190 g/mol. The van der Waals surface area contributed by atoms with Gasteiger partial charge in [-0.25, -0.2) is 0 Å². The molecule has 0 aromatic rings. The Balaban J connectivity index is 0.00000980. The molecule has 0 bridgehead atoms. The van der Waals surface area contributed by atoms with Crippen molar-refractivity contribution in [3.05, 3.63) is 5.73 Å². The molecule has 5 aliphatic heterocycles. The normalized spacial score (nSPS) is 46.0. The molecule has 1 radical (unpaired) electrons. The van der Waals surface area contributed by atoms with Crippen LogP contribution in [0.25, 0.3) is 5.73 Å². The van der Waals surface area contributed by atoms with Gasteiger partial charge in [0.2, 0.25) is 11.8 Å². The van der Waals surface area contributed by atoms with E-state index in [1.165, 1.54) is 0 Å². The van der Waals surface area contributed by atoms with E-state index in [1.807, 2.05) is 6.92 Å². The first-order chi connectivity index (χ1) is 31.3. The Morgan fingerprint density at radius 1 is 0.478 bits per heavy atom. The summed E-state index contributed by atoms with van der Waals surface area (Å²) in [7, 11) is 0. The SMILES string of the molecule is CCCCC(=O)NCC(=O)NC1OC(CO)[C@@H](O[C@@H]2OC(CO)[C@H](O)C(O[C@@H]3OC(CO)[C@H](OC4OC(CO)[C@@H](O)C(OC5OC(CO)[C@@H](O)C(O)C5O)C4O)C(O)C3[NH-])C2O)C(O)C1O.[Ac]. The predicted octanol–water partition coefficient (Wildman–Crippen LogP) is -10.4. The average Bonchev–Trinajstić information content (AvgIpc) is 3.30. The van der Waals surface area contributed by atoms with Crippen molar-refractivity contribution in [3.8, 4) is 0 Å². The van der Waals surface area contributed by atoms with Crippen LogP contribution in [0.2, 0.25) is 0 Å². The number of hydrogen-bond donors (Lipinski definition) is 17. The number of amides is 2. The third kappa shape index (κ3) is 13.7. The van der Waals surface area contributed by atoms with E-state index < -0.39 is 205 Å². The summed E-state index contributed by atoms with van der Waals surface area (Å²) in [6, 6.07) is -1.95. The van der Waals surface area contributed by atoms with Gasteiger partial charge >= 0.3 is 0 Å². The zero-order chi connectivity index (χ0) is 48.7.